The van der Waals surface area contributed by atoms with Crippen LogP contribution in [0, 0.1) is 0 Å². The zero-order chi connectivity index (χ0) is 14.3. The van der Waals surface area contributed by atoms with Gasteiger partial charge in [0.1, 0.15) is 0 Å². The molecule has 5 heteroatoms. The molecule has 0 aromatic heterocycles. The van der Waals surface area contributed by atoms with Crippen molar-refractivity contribution in [2.24, 2.45) is 5.73 Å². The van der Waals surface area contributed by atoms with E-state index in [1.165, 1.54) is 4.90 Å². The SMILES string of the molecule is NCc1ccccc1N1C(=O)c2ccc(Br)cc2C1=O. The number of carbonyl (C=O) groups is 2. The monoisotopic (exact) mass is 330 g/mol. The first-order valence-corrected chi connectivity index (χ1v) is 6.89. The number of carbonyl (C=O) groups excluding carboxylic acids is 2. The molecule has 0 saturated carbocycles. The summed E-state index contributed by atoms with van der Waals surface area (Å²) in [5, 5.41) is 0. The van der Waals surface area contributed by atoms with Gasteiger partial charge in [-0.05, 0) is 29.8 Å². The minimum atomic E-state index is -0.313. The number of rotatable bonds is 2. The molecule has 0 atom stereocenters. The van der Waals surface area contributed by atoms with Crippen molar-refractivity contribution in [1.82, 2.24) is 0 Å². The summed E-state index contributed by atoms with van der Waals surface area (Å²) in [7, 11) is 0. The van der Waals surface area contributed by atoms with E-state index in [0.29, 0.717) is 16.8 Å². The van der Waals surface area contributed by atoms with Crippen LogP contribution in [0.5, 0.6) is 0 Å². The number of para-hydroxylation sites is 1. The Balaban J connectivity index is 2.14. The molecule has 0 radical (unpaired) electrons. The average molecular weight is 331 g/mol. The molecule has 4 nitrogen and oxygen atoms in total. The van der Waals surface area contributed by atoms with E-state index in [-0.39, 0.29) is 18.4 Å². The first-order valence-electron chi connectivity index (χ1n) is 6.10. The van der Waals surface area contributed by atoms with Gasteiger partial charge in [-0.1, -0.05) is 34.1 Å². The third kappa shape index (κ3) is 1.87. The lowest BCUT2D eigenvalue weighted by Gasteiger charge is -2.17. The lowest BCUT2D eigenvalue weighted by molar-refractivity contribution is 0.0926. The van der Waals surface area contributed by atoms with Crippen molar-refractivity contribution in [3.63, 3.8) is 0 Å². The van der Waals surface area contributed by atoms with Crippen LogP contribution in [-0.2, 0) is 6.54 Å². The van der Waals surface area contributed by atoms with Crippen molar-refractivity contribution in [3.05, 3.63) is 63.6 Å². The van der Waals surface area contributed by atoms with Gasteiger partial charge in [-0.25, -0.2) is 4.90 Å². The van der Waals surface area contributed by atoms with Gasteiger partial charge in [0.2, 0.25) is 0 Å². The van der Waals surface area contributed by atoms with Crippen LogP contribution in [0.25, 0.3) is 0 Å². The molecule has 1 aliphatic rings. The number of amides is 2. The number of imide groups is 1. The Kier molecular flexibility index (Phi) is 3.16. The van der Waals surface area contributed by atoms with E-state index in [4.69, 9.17) is 5.73 Å². The summed E-state index contributed by atoms with van der Waals surface area (Å²) >= 11 is 3.31. The highest BCUT2D eigenvalue weighted by Gasteiger charge is 2.37. The van der Waals surface area contributed by atoms with Gasteiger partial charge in [-0.2, -0.15) is 0 Å². The summed E-state index contributed by atoms with van der Waals surface area (Å²) < 4.78 is 0.770. The Labute approximate surface area is 124 Å². The minimum Gasteiger partial charge on any atom is -0.326 e. The standard InChI is InChI=1S/C15H11BrN2O2/c16-10-5-6-11-12(7-10)15(20)18(14(11)19)13-4-2-1-3-9(13)8-17/h1-7H,8,17H2. The minimum absolute atomic E-state index is 0.271. The van der Waals surface area contributed by atoms with E-state index in [1.807, 2.05) is 12.1 Å². The van der Waals surface area contributed by atoms with Gasteiger partial charge in [0.25, 0.3) is 11.8 Å². The third-order valence-corrected chi connectivity index (χ3v) is 3.79. The lowest BCUT2D eigenvalue weighted by Crippen LogP contribution is -2.30. The second-order valence-electron chi connectivity index (χ2n) is 4.47. The van der Waals surface area contributed by atoms with Crippen molar-refractivity contribution in [2.45, 2.75) is 6.54 Å². The summed E-state index contributed by atoms with van der Waals surface area (Å²) in [6, 6.07) is 12.2. The molecule has 0 saturated heterocycles. The third-order valence-electron chi connectivity index (χ3n) is 3.30. The van der Waals surface area contributed by atoms with Crippen LogP contribution < -0.4 is 10.6 Å². The van der Waals surface area contributed by atoms with Crippen LogP contribution in [-0.4, -0.2) is 11.8 Å². The summed E-state index contributed by atoms with van der Waals surface area (Å²) in [4.78, 5) is 26.1. The van der Waals surface area contributed by atoms with Gasteiger partial charge in [0.15, 0.2) is 0 Å². The smallest absolute Gasteiger partial charge is 0.266 e. The van der Waals surface area contributed by atoms with Gasteiger partial charge in [-0.15, -0.1) is 0 Å². The Morgan fingerprint density at radius 2 is 1.70 bits per heavy atom. The van der Waals surface area contributed by atoms with E-state index in [9.17, 15) is 9.59 Å². The van der Waals surface area contributed by atoms with Crippen molar-refractivity contribution in [1.29, 1.82) is 0 Å². The molecular formula is C15H11BrN2O2. The Morgan fingerprint density at radius 3 is 2.45 bits per heavy atom. The zero-order valence-electron chi connectivity index (χ0n) is 10.5. The molecule has 1 aliphatic heterocycles. The normalized spacial score (nSPS) is 13.8. The maximum Gasteiger partial charge on any atom is 0.266 e. The number of hydrogen-bond donors (Lipinski definition) is 1. The molecule has 1 heterocycles. The highest BCUT2D eigenvalue weighted by atomic mass is 79.9. The molecule has 2 N–H and O–H groups in total. The van der Waals surface area contributed by atoms with Crippen LogP contribution in [0.1, 0.15) is 26.3 Å². The molecule has 100 valence electrons. The predicted molar refractivity (Wildman–Crippen MR) is 79.6 cm³/mol. The largest absolute Gasteiger partial charge is 0.326 e. The molecule has 0 aliphatic carbocycles. The number of nitrogens with zero attached hydrogens (tertiary/aromatic N) is 1. The lowest BCUT2D eigenvalue weighted by atomic mass is 10.1. The Morgan fingerprint density at radius 1 is 1.00 bits per heavy atom. The first kappa shape index (κ1) is 13.0. The second kappa shape index (κ2) is 4.85. The number of anilines is 1. The van der Waals surface area contributed by atoms with Crippen LogP contribution in [0.3, 0.4) is 0 Å². The molecule has 0 spiro atoms. The van der Waals surface area contributed by atoms with Gasteiger partial charge < -0.3 is 5.73 Å². The van der Waals surface area contributed by atoms with Gasteiger partial charge in [0, 0.05) is 11.0 Å². The summed E-state index contributed by atoms with van der Waals surface area (Å²) in [6.45, 7) is 0.271. The van der Waals surface area contributed by atoms with Crippen molar-refractivity contribution >= 4 is 33.4 Å². The molecule has 2 amide bonds. The average Bonchev–Trinajstić information content (AvgIpc) is 2.70. The maximum atomic E-state index is 12.5. The highest BCUT2D eigenvalue weighted by Crippen LogP contribution is 2.31. The van der Waals surface area contributed by atoms with Crippen LogP contribution >= 0.6 is 15.9 Å². The fourth-order valence-corrected chi connectivity index (χ4v) is 2.69. The van der Waals surface area contributed by atoms with Crippen LogP contribution in [0.15, 0.2) is 46.9 Å². The molecule has 3 rings (SSSR count). The van der Waals surface area contributed by atoms with Crippen LogP contribution in [0.4, 0.5) is 5.69 Å². The van der Waals surface area contributed by atoms with E-state index in [0.717, 1.165) is 10.0 Å². The number of hydrogen-bond acceptors (Lipinski definition) is 3. The van der Waals surface area contributed by atoms with Gasteiger partial charge in [-0.3, -0.25) is 9.59 Å². The number of nitrogens with two attached hydrogens (primary N) is 1. The summed E-state index contributed by atoms with van der Waals surface area (Å²) in [6.07, 6.45) is 0. The zero-order valence-corrected chi connectivity index (χ0v) is 12.1. The van der Waals surface area contributed by atoms with E-state index in [2.05, 4.69) is 15.9 Å². The predicted octanol–water partition coefficient (Wildman–Crippen LogP) is 2.71. The number of benzene rings is 2. The van der Waals surface area contributed by atoms with Gasteiger partial charge >= 0.3 is 0 Å². The molecule has 2 aromatic rings. The maximum absolute atomic E-state index is 12.5. The van der Waals surface area contributed by atoms with Crippen molar-refractivity contribution in [2.75, 3.05) is 4.90 Å². The highest BCUT2D eigenvalue weighted by molar-refractivity contribution is 9.10. The molecule has 0 unspecified atom stereocenters. The first-order chi connectivity index (χ1) is 9.63. The van der Waals surface area contributed by atoms with E-state index >= 15 is 0 Å². The number of halogens is 1. The van der Waals surface area contributed by atoms with E-state index in [1.54, 1.807) is 30.3 Å². The molecule has 2 aromatic carbocycles. The van der Waals surface area contributed by atoms with Crippen LogP contribution in [0.2, 0.25) is 0 Å². The Hall–Kier alpha value is -1.98. The van der Waals surface area contributed by atoms with E-state index < -0.39 is 0 Å². The molecular weight excluding hydrogens is 320 g/mol. The quantitative estimate of drug-likeness (QED) is 0.861. The number of fused-ring (bicyclic) bond motifs is 1. The van der Waals surface area contributed by atoms with Crippen molar-refractivity contribution in [3.8, 4) is 0 Å². The second-order valence-corrected chi connectivity index (χ2v) is 5.38. The topological polar surface area (TPSA) is 63.4 Å². The van der Waals surface area contributed by atoms with Gasteiger partial charge in [0.05, 0.1) is 16.8 Å². The summed E-state index contributed by atoms with van der Waals surface area (Å²) in [5.74, 6) is -0.620. The molecule has 0 bridgehead atoms. The molecule has 0 fully saturated rings. The molecule has 20 heavy (non-hydrogen) atoms. The van der Waals surface area contributed by atoms with Crippen molar-refractivity contribution < 1.29 is 9.59 Å². The fraction of sp³-hybridized carbons (Fsp3) is 0.0667. The fourth-order valence-electron chi connectivity index (χ4n) is 2.33. The summed E-state index contributed by atoms with van der Waals surface area (Å²) in [5.41, 5.74) is 7.83. The Bertz CT molecular complexity index is 728.